The van der Waals surface area contributed by atoms with Crippen LogP contribution in [0.3, 0.4) is 0 Å². The summed E-state index contributed by atoms with van der Waals surface area (Å²) in [5.41, 5.74) is 0.0253. The zero-order valence-electron chi connectivity index (χ0n) is 17.6. The van der Waals surface area contributed by atoms with Crippen molar-refractivity contribution in [3.63, 3.8) is 0 Å². The maximum absolute atomic E-state index is 12.2. The molecule has 3 aromatic rings. The van der Waals surface area contributed by atoms with Crippen molar-refractivity contribution in [3.05, 3.63) is 71.4 Å². The van der Waals surface area contributed by atoms with Gasteiger partial charge in [-0.15, -0.1) is 11.3 Å². The molecule has 3 rings (SSSR count). The number of carbonyl (C=O) groups is 1. The van der Waals surface area contributed by atoms with E-state index in [4.69, 9.17) is 0 Å². The van der Waals surface area contributed by atoms with Crippen LogP contribution in [0.25, 0.3) is 5.32 Å². The first-order valence-electron chi connectivity index (χ1n) is 9.14. The van der Waals surface area contributed by atoms with Crippen LogP contribution in [0, 0.1) is 6.92 Å². The number of aromatic hydroxyl groups is 1. The van der Waals surface area contributed by atoms with Crippen molar-refractivity contribution in [1.82, 2.24) is 4.90 Å². The number of rotatable bonds is 7. The largest absolute Gasteiger partial charge is 1.00 e. The van der Waals surface area contributed by atoms with Crippen molar-refractivity contribution < 1.29 is 28.8 Å². The van der Waals surface area contributed by atoms with E-state index >= 15 is 0 Å². The first kappa shape index (κ1) is 23.7. The molecule has 0 radical (unpaired) electrons. The molecule has 0 saturated heterocycles. The fourth-order valence-electron chi connectivity index (χ4n) is 2.96. The Morgan fingerprint density at radius 2 is 1.97 bits per heavy atom. The number of hydrogen-bond acceptors (Lipinski definition) is 6. The first-order valence-corrected chi connectivity index (χ1v) is 10.0. The minimum atomic E-state index is -0.714. The minimum Gasteiger partial charge on any atom is -0.650 e. The Kier molecular flexibility index (Phi) is 7.53. The Bertz CT molecular complexity index is 1130. The second-order valence-corrected chi connectivity index (χ2v) is 7.94. The minimum absolute atomic E-state index is 0. The summed E-state index contributed by atoms with van der Waals surface area (Å²) in [5.74, 6) is -0.715. The van der Waals surface area contributed by atoms with Crippen LogP contribution in [0.2, 0.25) is 0 Å². The summed E-state index contributed by atoms with van der Waals surface area (Å²) in [6, 6.07) is 6.45. The molecule has 2 N–H and O–H groups in total. The summed E-state index contributed by atoms with van der Waals surface area (Å²) in [6.07, 6.45) is 0.719. The number of nitrogens with zero attached hydrogens (tertiary/aromatic N) is 2. The van der Waals surface area contributed by atoms with Crippen molar-refractivity contribution in [2.24, 2.45) is 0 Å². The van der Waals surface area contributed by atoms with Gasteiger partial charge >= 0.3 is 18.9 Å². The van der Waals surface area contributed by atoms with Gasteiger partial charge in [0.1, 0.15) is 5.75 Å². The van der Waals surface area contributed by atoms with E-state index in [1.165, 1.54) is 17.0 Å². The second kappa shape index (κ2) is 9.52. The molecular weight excluding hydrogens is 397 g/mol. The van der Waals surface area contributed by atoms with Gasteiger partial charge in [-0.25, -0.2) is 0 Å². The van der Waals surface area contributed by atoms with E-state index in [0.29, 0.717) is 0 Å². The molecule has 0 bridgehead atoms. The van der Waals surface area contributed by atoms with Crippen molar-refractivity contribution in [3.8, 4) is 5.75 Å². The fraction of sp³-hybridized carbons (Fsp3) is 0.286. The van der Waals surface area contributed by atoms with Gasteiger partial charge in [0.05, 0.1) is 17.3 Å². The van der Waals surface area contributed by atoms with Crippen LogP contribution in [-0.4, -0.2) is 30.0 Å². The van der Waals surface area contributed by atoms with Crippen LogP contribution in [0.15, 0.2) is 39.2 Å². The number of phenolic OH excluding ortho intramolecular Hbond substituents is 1. The molecule has 1 atom stereocenters. The zero-order valence-corrected chi connectivity index (χ0v) is 18.5. The van der Waals surface area contributed by atoms with Gasteiger partial charge in [0.2, 0.25) is 10.9 Å². The number of thiophene rings is 1. The topological polar surface area (TPSA) is 101 Å². The van der Waals surface area contributed by atoms with E-state index in [9.17, 15) is 19.5 Å². The van der Waals surface area contributed by atoms with Crippen LogP contribution in [0.1, 0.15) is 40.2 Å². The van der Waals surface area contributed by atoms with Crippen molar-refractivity contribution >= 4 is 34.3 Å². The van der Waals surface area contributed by atoms with Crippen molar-refractivity contribution in [1.29, 1.82) is 0 Å². The molecule has 152 valence electrons. The normalized spacial score (nSPS) is 11.6. The monoisotopic (exact) mass is 419 g/mol. The third-order valence-corrected chi connectivity index (χ3v) is 5.75. The van der Waals surface area contributed by atoms with Crippen molar-refractivity contribution in [2.45, 2.75) is 26.3 Å². The van der Waals surface area contributed by atoms with E-state index in [0.717, 1.165) is 16.9 Å². The van der Waals surface area contributed by atoms with Crippen LogP contribution >= 0.6 is 11.3 Å². The van der Waals surface area contributed by atoms with E-state index in [2.05, 4.69) is 10.6 Å². The predicted molar refractivity (Wildman–Crippen MR) is 116 cm³/mol. The summed E-state index contributed by atoms with van der Waals surface area (Å²) < 4.78 is 0. The summed E-state index contributed by atoms with van der Waals surface area (Å²) in [6.45, 7) is 3.98. The van der Waals surface area contributed by atoms with Gasteiger partial charge in [0.25, 0.3) is 5.91 Å². The van der Waals surface area contributed by atoms with Gasteiger partial charge in [-0.3, -0.25) is 14.4 Å². The molecule has 0 saturated carbocycles. The molecule has 7 nitrogen and oxygen atoms in total. The molecule has 0 unspecified atom stereocenters. The molecule has 0 aliphatic rings. The van der Waals surface area contributed by atoms with Gasteiger partial charge in [-0.05, 0) is 36.4 Å². The molecule has 1 amide bonds. The Balaban J connectivity index is 0.00000320. The Morgan fingerprint density at radius 3 is 2.53 bits per heavy atom. The molecule has 0 aliphatic carbocycles. The number of hydrogen-bond donors (Lipinski definition) is 2. The Morgan fingerprint density at radius 1 is 1.27 bits per heavy atom. The van der Waals surface area contributed by atoms with Crippen LogP contribution in [0.5, 0.6) is 5.75 Å². The maximum Gasteiger partial charge on any atom is 1.00 e. The van der Waals surface area contributed by atoms with E-state index in [-0.39, 0.29) is 59.2 Å². The number of phenols is 1. The van der Waals surface area contributed by atoms with Gasteiger partial charge in [-0.1, -0.05) is 30.4 Å². The van der Waals surface area contributed by atoms with E-state index in [1.54, 1.807) is 31.5 Å². The van der Waals surface area contributed by atoms with Gasteiger partial charge in [0.15, 0.2) is 0 Å². The average molecular weight is 419 g/mol. The molecule has 9 heteroatoms. The molecule has 0 fully saturated rings. The Hall–Kier alpha value is -2.53. The Labute approximate surface area is 190 Å². The summed E-state index contributed by atoms with van der Waals surface area (Å²) in [4.78, 5) is 38.9. The van der Waals surface area contributed by atoms with Crippen LogP contribution in [-0.2, 0) is 0 Å². The molecule has 0 spiro atoms. The fourth-order valence-corrected chi connectivity index (χ4v) is 3.99. The average Bonchev–Trinajstić information content (AvgIpc) is 3.13. The third kappa shape index (κ3) is 4.46. The summed E-state index contributed by atoms with van der Waals surface area (Å²) >= 11 is 1.58. The molecular formula is C21H22LiN3O4S. The summed E-state index contributed by atoms with van der Waals surface area (Å²) in [5, 5.41) is 19.8. The maximum atomic E-state index is 12.2. The van der Waals surface area contributed by atoms with E-state index in [1.807, 2.05) is 25.3 Å². The molecule has 2 aromatic carbocycles. The van der Waals surface area contributed by atoms with Crippen molar-refractivity contribution in [2.75, 3.05) is 19.4 Å². The number of para-hydroxylation sites is 1. The second-order valence-electron chi connectivity index (χ2n) is 7.00. The molecule has 1 heterocycles. The number of nitrogens with one attached hydrogen (secondary N) is 1. The number of amides is 1. The van der Waals surface area contributed by atoms with Crippen LogP contribution in [0.4, 0.5) is 17.1 Å². The predicted octanol–water partition coefficient (Wildman–Crippen LogP) is 0.964. The summed E-state index contributed by atoms with van der Waals surface area (Å²) in [7, 11) is 3.14. The van der Waals surface area contributed by atoms with Crippen LogP contribution < -0.4 is 35.0 Å². The standard InChI is InChI=1S/C21H23N3O4S.Li/c1-5-13(15-9-11(2)10-29-15)22-16-17(20(27)19(16)26)23-14-8-6-7-12(18(14)25)21(28)24(3)4;/h6-10,13H,5H2,1-4H3,(H3,22,23,25,26,27,28);/q;+1/p-1/t13-;/m1./s1. The number of benzene rings is 1. The third-order valence-electron chi connectivity index (χ3n) is 4.59. The smallest absolute Gasteiger partial charge is 0.650 e. The van der Waals surface area contributed by atoms with E-state index < -0.39 is 10.9 Å². The van der Waals surface area contributed by atoms with Gasteiger partial charge in [-0.2, -0.15) is 0 Å². The molecule has 0 aliphatic heterocycles. The first-order chi connectivity index (χ1) is 13.7. The SMILES string of the molecule is CC[C@@H](Nc1c([N-]c2cccc(C(=O)N(C)C)c2O)c(=O)c1=O)c1cc(C)cs1.[Li+]. The molecule has 1 aromatic heterocycles. The number of carbonyl (C=O) groups excluding carboxylic acids is 1. The zero-order chi connectivity index (χ0) is 21.3. The van der Waals surface area contributed by atoms with Gasteiger partial charge in [0, 0.05) is 19.0 Å². The quantitative estimate of drug-likeness (QED) is 0.439. The number of aryl methyl sites for hydroxylation is 1. The van der Waals surface area contributed by atoms with Gasteiger partial charge < -0.3 is 20.6 Å². The number of anilines is 1. The molecule has 30 heavy (non-hydrogen) atoms.